The molecule has 1 aliphatic heterocycles. The third kappa shape index (κ3) is 4.23. The number of hydrogen-bond donors (Lipinski definition) is 1. The van der Waals surface area contributed by atoms with Crippen LogP contribution in [0.15, 0.2) is 55.0 Å². The highest BCUT2D eigenvalue weighted by atomic mass is 19.1. The first-order valence-electron chi connectivity index (χ1n) is 9.01. The Hall–Kier alpha value is -3.75. The van der Waals surface area contributed by atoms with E-state index in [0.717, 1.165) is 0 Å². The maximum absolute atomic E-state index is 14.5. The molecule has 0 saturated carbocycles. The zero-order valence-electron chi connectivity index (χ0n) is 15.6. The van der Waals surface area contributed by atoms with E-state index < -0.39 is 11.9 Å². The Balaban J connectivity index is 1.46. The number of amides is 1. The number of hydrogen-bond acceptors (Lipinski definition) is 7. The van der Waals surface area contributed by atoms with Crippen LogP contribution in [0.3, 0.4) is 0 Å². The summed E-state index contributed by atoms with van der Waals surface area (Å²) < 4.78 is 24.9. The number of halogens is 1. The second-order valence-electron chi connectivity index (χ2n) is 6.35. The normalized spacial score (nSPS) is 14.4. The first-order valence-corrected chi connectivity index (χ1v) is 9.01. The number of benzene rings is 1. The predicted molar refractivity (Wildman–Crippen MR) is 103 cm³/mol. The molecule has 9 heteroatoms. The monoisotopic (exact) mass is 395 g/mol. The van der Waals surface area contributed by atoms with E-state index in [-0.39, 0.29) is 11.8 Å². The van der Waals surface area contributed by atoms with Crippen molar-refractivity contribution in [1.82, 2.24) is 15.0 Å². The van der Waals surface area contributed by atoms with Gasteiger partial charge >= 0.3 is 6.09 Å². The molecule has 1 aromatic carbocycles. The van der Waals surface area contributed by atoms with Gasteiger partial charge in [-0.1, -0.05) is 6.07 Å². The van der Waals surface area contributed by atoms with Gasteiger partial charge in [0, 0.05) is 12.4 Å². The van der Waals surface area contributed by atoms with Gasteiger partial charge < -0.3 is 14.8 Å². The molecule has 2 aromatic heterocycles. The SMILES string of the molecule is CC(Nc1nccc(N2CCOC2=O)n1)c1ccc(Oc2cccnc2)c(F)c1. The number of nitrogens with zero attached hydrogens (tertiary/aromatic N) is 4. The quantitative estimate of drug-likeness (QED) is 0.676. The summed E-state index contributed by atoms with van der Waals surface area (Å²) in [6.07, 6.45) is 4.24. The number of nitrogens with one attached hydrogen (secondary N) is 1. The van der Waals surface area contributed by atoms with E-state index in [1.807, 2.05) is 6.92 Å². The summed E-state index contributed by atoms with van der Waals surface area (Å²) in [6.45, 7) is 2.62. The van der Waals surface area contributed by atoms with Crippen LogP contribution in [0.4, 0.5) is 21.0 Å². The lowest BCUT2D eigenvalue weighted by atomic mass is 10.1. The van der Waals surface area contributed by atoms with Gasteiger partial charge in [0.15, 0.2) is 11.6 Å². The van der Waals surface area contributed by atoms with Crippen molar-refractivity contribution in [3.05, 3.63) is 66.4 Å². The van der Waals surface area contributed by atoms with Crippen molar-refractivity contribution in [3.63, 3.8) is 0 Å². The number of rotatable bonds is 6. The van der Waals surface area contributed by atoms with Gasteiger partial charge in [0.25, 0.3) is 0 Å². The van der Waals surface area contributed by atoms with Gasteiger partial charge in [0.2, 0.25) is 5.95 Å². The molecule has 148 valence electrons. The van der Waals surface area contributed by atoms with Gasteiger partial charge in [-0.2, -0.15) is 4.98 Å². The Labute approximate surface area is 166 Å². The molecule has 1 saturated heterocycles. The molecular formula is C20H18FN5O3. The van der Waals surface area contributed by atoms with Gasteiger partial charge in [-0.15, -0.1) is 0 Å². The Morgan fingerprint density at radius 2 is 2.17 bits per heavy atom. The number of carbonyl (C=O) groups excluding carboxylic acids is 1. The smallest absolute Gasteiger partial charge is 0.415 e. The molecule has 1 unspecified atom stereocenters. The fourth-order valence-corrected chi connectivity index (χ4v) is 2.85. The van der Waals surface area contributed by atoms with E-state index in [4.69, 9.17) is 9.47 Å². The summed E-state index contributed by atoms with van der Waals surface area (Å²) in [5.74, 6) is 0.847. The van der Waals surface area contributed by atoms with Crippen LogP contribution in [-0.2, 0) is 4.74 Å². The minimum absolute atomic E-state index is 0.111. The molecule has 1 fully saturated rings. The van der Waals surface area contributed by atoms with Crippen LogP contribution in [0, 0.1) is 5.82 Å². The van der Waals surface area contributed by atoms with E-state index in [1.165, 1.54) is 17.2 Å². The Morgan fingerprint density at radius 3 is 2.90 bits per heavy atom. The third-order valence-corrected chi connectivity index (χ3v) is 4.34. The topological polar surface area (TPSA) is 89.5 Å². The largest absolute Gasteiger partial charge is 0.453 e. The average molecular weight is 395 g/mol. The van der Waals surface area contributed by atoms with Crippen LogP contribution in [0.5, 0.6) is 11.5 Å². The third-order valence-electron chi connectivity index (χ3n) is 4.34. The zero-order valence-corrected chi connectivity index (χ0v) is 15.6. The molecule has 0 radical (unpaired) electrons. The van der Waals surface area contributed by atoms with E-state index in [2.05, 4.69) is 20.3 Å². The van der Waals surface area contributed by atoms with E-state index in [9.17, 15) is 9.18 Å². The number of anilines is 2. The molecule has 8 nitrogen and oxygen atoms in total. The van der Waals surface area contributed by atoms with Gasteiger partial charge in [-0.25, -0.2) is 14.2 Å². The highest BCUT2D eigenvalue weighted by Gasteiger charge is 2.25. The van der Waals surface area contributed by atoms with E-state index in [0.29, 0.717) is 36.2 Å². The first kappa shape index (κ1) is 18.6. The summed E-state index contributed by atoms with van der Waals surface area (Å²) in [4.78, 5) is 25.6. The van der Waals surface area contributed by atoms with Gasteiger partial charge in [0.1, 0.15) is 18.2 Å². The maximum Gasteiger partial charge on any atom is 0.415 e. The highest BCUT2D eigenvalue weighted by Crippen LogP contribution is 2.27. The fourth-order valence-electron chi connectivity index (χ4n) is 2.85. The van der Waals surface area contributed by atoms with Crippen LogP contribution in [-0.4, -0.2) is 34.2 Å². The van der Waals surface area contributed by atoms with E-state index in [1.54, 1.807) is 42.7 Å². The van der Waals surface area contributed by atoms with Crippen LogP contribution >= 0.6 is 0 Å². The van der Waals surface area contributed by atoms with Crippen molar-refractivity contribution in [2.75, 3.05) is 23.4 Å². The van der Waals surface area contributed by atoms with Gasteiger partial charge in [-0.05, 0) is 42.8 Å². The second kappa shape index (κ2) is 8.09. The first-order chi connectivity index (χ1) is 14.1. The molecule has 1 amide bonds. The summed E-state index contributed by atoms with van der Waals surface area (Å²) in [5, 5.41) is 3.11. The number of aromatic nitrogens is 3. The standard InChI is InChI=1S/C20H18FN5O3/c1-13(24-19-23-8-6-18(25-19)26-9-10-28-20(26)27)14-4-5-17(16(21)11-14)29-15-3-2-7-22-12-15/h2-8,11-13H,9-10H2,1H3,(H,23,24,25). The number of cyclic esters (lactones) is 1. The Morgan fingerprint density at radius 1 is 1.28 bits per heavy atom. The summed E-state index contributed by atoms with van der Waals surface area (Å²) >= 11 is 0. The van der Waals surface area contributed by atoms with Crippen LogP contribution in [0.2, 0.25) is 0 Å². The molecule has 3 heterocycles. The second-order valence-corrected chi connectivity index (χ2v) is 6.35. The zero-order chi connectivity index (χ0) is 20.2. The molecule has 0 spiro atoms. The molecule has 1 N–H and O–H groups in total. The molecule has 0 aliphatic carbocycles. The van der Waals surface area contributed by atoms with Crippen molar-refractivity contribution < 1.29 is 18.7 Å². The number of carbonyl (C=O) groups is 1. The van der Waals surface area contributed by atoms with Gasteiger partial charge in [-0.3, -0.25) is 9.88 Å². The lowest BCUT2D eigenvalue weighted by molar-refractivity contribution is 0.181. The molecule has 4 rings (SSSR count). The molecule has 3 aromatic rings. The lowest BCUT2D eigenvalue weighted by Crippen LogP contribution is -2.25. The highest BCUT2D eigenvalue weighted by molar-refractivity contribution is 5.88. The maximum atomic E-state index is 14.5. The Bertz CT molecular complexity index is 1020. The lowest BCUT2D eigenvalue weighted by Gasteiger charge is -2.17. The van der Waals surface area contributed by atoms with Crippen LogP contribution in [0.25, 0.3) is 0 Å². The minimum Gasteiger partial charge on any atom is -0.453 e. The molecule has 1 aliphatic rings. The minimum atomic E-state index is -0.491. The van der Waals surface area contributed by atoms with Crippen molar-refractivity contribution in [3.8, 4) is 11.5 Å². The van der Waals surface area contributed by atoms with Crippen molar-refractivity contribution in [2.45, 2.75) is 13.0 Å². The summed E-state index contributed by atoms with van der Waals surface area (Å²) in [6, 6.07) is 9.48. The number of pyridine rings is 1. The predicted octanol–water partition coefficient (Wildman–Crippen LogP) is 3.93. The summed E-state index contributed by atoms with van der Waals surface area (Å²) in [7, 11) is 0. The van der Waals surface area contributed by atoms with Gasteiger partial charge in [0.05, 0.1) is 18.8 Å². The summed E-state index contributed by atoms with van der Waals surface area (Å²) in [5.41, 5.74) is 0.690. The van der Waals surface area contributed by atoms with Crippen molar-refractivity contribution >= 4 is 17.9 Å². The average Bonchev–Trinajstić information content (AvgIpc) is 3.16. The molecule has 1 atom stereocenters. The van der Waals surface area contributed by atoms with Crippen molar-refractivity contribution in [1.29, 1.82) is 0 Å². The number of ether oxygens (including phenoxy) is 2. The van der Waals surface area contributed by atoms with Crippen LogP contribution < -0.4 is 15.0 Å². The van der Waals surface area contributed by atoms with E-state index >= 15 is 0 Å². The fraction of sp³-hybridized carbons (Fsp3) is 0.200. The molecular weight excluding hydrogens is 377 g/mol. The molecule has 29 heavy (non-hydrogen) atoms. The Kier molecular flexibility index (Phi) is 5.19. The molecule has 0 bridgehead atoms. The van der Waals surface area contributed by atoms with Crippen LogP contribution in [0.1, 0.15) is 18.5 Å². The van der Waals surface area contributed by atoms with Crippen molar-refractivity contribution in [2.24, 2.45) is 0 Å².